The summed E-state index contributed by atoms with van der Waals surface area (Å²) in [6, 6.07) is 12.1. The first-order chi connectivity index (χ1) is 9.13. The highest BCUT2D eigenvalue weighted by Crippen LogP contribution is 2.48. The van der Waals surface area contributed by atoms with Crippen molar-refractivity contribution in [3.63, 3.8) is 0 Å². The fraction of sp³-hybridized carbons (Fsp3) is 0.312. The summed E-state index contributed by atoms with van der Waals surface area (Å²) in [6.07, 6.45) is 2.22. The van der Waals surface area contributed by atoms with Crippen LogP contribution in [0.5, 0.6) is 5.75 Å². The summed E-state index contributed by atoms with van der Waals surface area (Å²) in [5.74, 6) is 0.173. The number of hydrogen-bond donors (Lipinski definition) is 1. The number of hydrogen-bond acceptors (Lipinski definition) is 2. The number of methoxy groups -OCH3 is 1. The molecule has 0 bridgehead atoms. The van der Waals surface area contributed by atoms with Gasteiger partial charge in [-0.25, -0.2) is 0 Å². The van der Waals surface area contributed by atoms with Gasteiger partial charge in [0, 0.05) is 0 Å². The molecule has 2 aromatic rings. The predicted molar refractivity (Wildman–Crippen MR) is 73.5 cm³/mol. The molecule has 0 unspecified atom stereocenters. The molecular formula is C16H16O3. The van der Waals surface area contributed by atoms with Crippen LogP contribution in [0.25, 0.3) is 10.8 Å². The first-order valence-electron chi connectivity index (χ1n) is 6.43. The van der Waals surface area contributed by atoms with Crippen molar-refractivity contribution in [1.82, 2.24) is 0 Å². The summed E-state index contributed by atoms with van der Waals surface area (Å²) in [7, 11) is 1.65. The maximum Gasteiger partial charge on any atom is 0.309 e. The van der Waals surface area contributed by atoms with Crippen LogP contribution >= 0.6 is 0 Å². The lowest BCUT2D eigenvalue weighted by atomic mass is 9.95. The molecule has 1 saturated carbocycles. The fourth-order valence-electron chi connectivity index (χ4n) is 2.52. The molecule has 0 saturated heterocycles. The van der Waals surface area contributed by atoms with E-state index in [9.17, 15) is 9.90 Å². The number of ether oxygens (including phenoxy) is 1. The summed E-state index contributed by atoms with van der Waals surface area (Å²) in [4.78, 5) is 11.2. The quantitative estimate of drug-likeness (QED) is 0.913. The van der Waals surface area contributed by atoms with E-state index in [-0.39, 0.29) is 0 Å². The van der Waals surface area contributed by atoms with Crippen molar-refractivity contribution < 1.29 is 14.6 Å². The molecule has 1 aliphatic rings. The number of rotatable bonds is 4. The van der Waals surface area contributed by atoms with Crippen LogP contribution in [0.1, 0.15) is 18.4 Å². The SMILES string of the molecule is COc1ccc2cc(CC3(C(=O)O)CC3)ccc2c1. The van der Waals surface area contributed by atoms with Gasteiger partial charge in [0.2, 0.25) is 0 Å². The molecule has 0 heterocycles. The monoisotopic (exact) mass is 256 g/mol. The molecule has 0 aliphatic heterocycles. The molecule has 2 aromatic carbocycles. The van der Waals surface area contributed by atoms with Crippen LogP contribution in [0.15, 0.2) is 36.4 Å². The molecule has 0 spiro atoms. The zero-order chi connectivity index (χ0) is 13.5. The van der Waals surface area contributed by atoms with Gasteiger partial charge in [0.25, 0.3) is 0 Å². The highest BCUT2D eigenvalue weighted by Gasteiger charge is 2.49. The number of carbonyl (C=O) groups is 1. The zero-order valence-corrected chi connectivity index (χ0v) is 10.8. The Morgan fingerprint density at radius 2 is 1.89 bits per heavy atom. The number of carboxylic acid groups (broad SMARTS) is 1. The van der Waals surface area contributed by atoms with Crippen molar-refractivity contribution in [2.75, 3.05) is 7.11 Å². The molecule has 3 heteroatoms. The second kappa shape index (κ2) is 4.26. The van der Waals surface area contributed by atoms with Gasteiger partial charge in [-0.05, 0) is 47.7 Å². The molecule has 3 rings (SSSR count). The Hall–Kier alpha value is -2.03. The maximum atomic E-state index is 11.2. The first-order valence-corrected chi connectivity index (χ1v) is 6.43. The van der Waals surface area contributed by atoms with Crippen LogP contribution < -0.4 is 4.74 Å². The third-order valence-electron chi connectivity index (χ3n) is 3.96. The van der Waals surface area contributed by atoms with Gasteiger partial charge in [-0.1, -0.05) is 24.3 Å². The van der Waals surface area contributed by atoms with E-state index >= 15 is 0 Å². The second-order valence-corrected chi connectivity index (χ2v) is 5.31. The van der Waals surface area contributed by atoms with Crippen LogP contribution in [0.4, 0.5) is 0 Å². The Labute approximate surface area is 111 Å². The summed E-state index contributed by atoms with van der Waals surface area (Å²) >= 11 is 0. The number of carboxylic acids is 1. The lowest BCUT2D eigenvalue weighted by Gasteiger charge is -2.10. The fourth-order valence-corrected chi connectivity index (χ4v) is 2.52. The standard InChI is InChI=1S/C16H16O3/c1-19-14-5-4-12-8-11(2-3-13(12)9-14)10-16(6-7-16)15(17)18/h2-5,8-9H,6-7,10H2,1H3,(H,17,18). The minimum absolute atomic E-state index is 0.500. The van der Waals surface area contributed by atoms with Gasteiger partial charge in [0.05, 0.1) is 12.5 Å². The van der Waals surface area contributed by atoms with Crippen LogP contribution in [-0.2, 0) is 11.2 Å². The van der Waals surface area contributed by atoms with Crippen molar-refractivity contribution in [2.24, 2.45) is 5.41 Å². The van der Waals surface area contributed by atoms with E-state index < -0.39 is 11.4 Å². The molecule has 0 radical (unpaired) electrons. The Morgan fingerprint density at radius 3 is 2.53 bits per heavy atom. The van der Waals surface area contributed by atoms with Gasteiger partial charge >= 0.3 is 5.97 Å². The van der Waals surface area contributed by atoms with Gasteiger partial charge < -0.3 is 9.84 Å². The third-order valence-corrected chi connectivity index (χ3v) is 3.96. The van der Waals surface area contributed by atoms with Gasteiger partial charge in [-0.3, -0.25) is 4.79 Å². The summed E-state index contributed by atoms with van der Waals surface area (Å²) in [5, 5.41) is 11.5. The van der Waals surface area contributed by atoms with E-state index in [0.29, 0.717) is 6.42 Å². The smallest absolute Gasteiger partial charge is 0.309 e. The van der Waals surface area contributed by atoms with E-state index in [0.717, 1.165) is 34.9 Å². The number of fused-ring (bicyclic) bond motifs is 1. The minimum atomic E-state index is -0.665. The lowest BCUT2D eigenvalue weighted by molar-refractivity contribution is -0.143. The van der Waals surface area contributed by atoms with Crippen molar-refractivity contribution in [3.05, 3.63) is 42.0 Å². The van der Waals surface area contributed by atoms with Crippen molar-refractivity contribution in [1.29, 1.82) is 0 Å². The molecule has 0 aromatic heterocycles. The molecule has 1 aliphatic carbocycles. The van der Waals surface area contributed by atoms with Crippen molar-refractivity contribution in [2.45, 2.75) is 19.3 Å². The predicted octanol–water partition coefficient (Wildman–Crippen LogP) is 3.26. The second-order valence-electron chi connectivity index (χ2n) is 5.31. The maximum absolute atomic E-state index is 11.2. The third kappa shape index (κ3) is 2.16. The Morgan fingerprint density at radius 1 is 1.21 bits per heavy atom. The summed E-state index contributed by atoms with van der Waals surface area (Å²) < 4.78 is 5.20. The minimum Gasteiger partial charge on any atom is -0.497 e. The van der Waals surface area contributed by atoms with Crippen molar-refractivity contribution in [3.8, 4) is 5.75 Å². The zero-order valence-electron chi connectivity index (χ0n) is 10.8. The van der Waals surface area contributed by atoms with Crippen LogP contribution in [0.2, 0.25) is 0 Å². The topological polar surface area (TPSA) is 46.5 Å². The van der Waals surface area contributed by atoms with Crippen LogP contribution in [0, 0.1) is 5.41 Å². The van der Waals surface area contributed by atoms with E-state index in [1.54, 1.807) is 7.11 Å². The van der Waals surface area contributed by atoms with E-state index in [4.69, 9.17) is 4.74 Å². The highest BCUT2D eigenvalue weighted by molar-refractivity contribution is 5.85. The largest absolute Gasteiger partial charge is 0.497 e. The number of aliphatic carboxylic acids is 1. The molecular weight excluding hydrogens is 240 g/mol. The Balaban J connectivity index is 1.92. The molecule has 1 N–H and O–H groups in total. The lowest BCUT2D eigenvalue weighted by Crippen LogP contribution is -2.17. The summed E-state index contributed by atoms with van der Waals surface area (Å²) in [5.41, 5.74) is 0.595. The van der Waals surface area contributed by atoms with E-state index in [2.05, 4.69) is 6.07 Å². The molecule has 0 atom stereocenters. The van der Waals surface area contributed by atoms with Gasteiger partial charge in [-0.2, -0.15) is 0 Å². The Kier molecular flexibility index (Phi) is 2.70. The summed E-state index contributed by atoms with van der Waals surface area (Å²) in [6.45, 7) is 0. The molecule has 3 nitrogen and oxygen atoms in total. The highest BCUT2D eigenvalue weighted by atomic mass is 16.5. The van der Waals surface area contributed by atoms with Crippen LogP contribution in [0.3, 0.4) is 0 Å². The molecule has 1 fully saturated rings. The van der Waals surface area contributed by atoms with Crippen LogP contribution in [-0.4, -0.2) is 18.2 Å². The molecule has 0 amide bonds. The van der Waals surface area contributed by atoms with Gasteiger partial charge in [-0.15, -0.1) is 0 Å². The number of benzene rings is 2. The molecule has 98 valence electrons. The van der Waals surface area contributed by atoms with Gasteiger partial charge in [0.1, 0.15) is 5.75 Å². The first kappa shape index (κ1) is 12.0. The van der Waals surface area contributed by atoms with Crippen molar-refractivity contribution >= 4 is 16.7 Å². The van der Waals surface area contributed by atoms with E-state index in [1.165, 1.54) is 0 Å². The average molecular weight is 256 g/mol. The normalized spacial score (nSPS) is 16.3. The average Bonchev–Trinajstić information content (AvgIpc) is 3.19. The Bertz CT molecular complexity index is 641. The van der Waals surface area contributed by atoms with Gasteiger partial charge in [0.15, 0.2) is 0 Å². The van der Waals surface area contributed by atoms with E-state index in [1.807, 2.05) is 30.3 Å². The molecule has 19 heavy (non-hydrogen) atoms.